The number of aromatic nitrogens is 1. The Morgan fingerprint density at radius 3 is 2.81 bits per heavy atom. The number of hydrogen-bond donors (Lipinski definition) is 2. The van der Waals surface area contributed by atoms with E-state index in [1.807, 2.05) is 43.4 Å². The van der Waals surface area contributed by atoms with Gasteiger partial charge in [0.2, 0.25) is 0 Å². The number of phenolic OH excluding ortho intramolecular Hbond substituents is 1. The van der Waals surface area contributed by atoms with Crippen LogP contribution in [0.1, 0.15) is 5.56 Å². The monoisotopic (exact) mass is 279 g/mol. The second-order valence-electron chi connectivity index (χ2n) is 5.09. The molecule has 0 radical (unpaired) electrons. The van der Waals surface area contributed by atoms with Crippen molar-refractivity contribution in [1.29, 1.82) is 0 Å². The molecule has 2 aromatic carbocycles. The van der Waals surface area contributed by atoms with E-state index < -0.39 is 0 Å². The van der Waals surface area contributed by atoms with Gasteiger partial charge in [-0.15, -0.1) is 0 Å². The molecule has 0 aliphatic heterocycles. The Labute approximate surface area is 123 Å². The van der Waals surface area contributed by atoms with E-state index in [-0.39, 0.29) is 5.75 Å². The van der Waals surface area contributed by atoms with Crippen molar-refractivity contribution in [3.63, 3.8) is 0 Å². The molecular weight excluding hydrogens is 262 g/mol. The summed E-state index contributed by atoms with van der Waals surface area (Å²) in [7, 11) is 1.99. The zero-order chi connectivity index (χ0) is 14.8. The molecule has 3 rings (SSSR count). The smallest absolute Gasteiger partial charge is 0.117 e. The van der Waals surface area contributed by atoms with Gasteiger partial charge in [-0.1, -0.05) is 12.1 Å². The molecule has 0 atom stereocenters. The van der Waals surface area contributed by atoms with Crippen molar-refractivity contribution in [3.05, 3.63) is 60.3 Å². The predicted molar refractivity (Wildman–Crippen MR) is 86.4 cm³/mol. The van der Waals surface area contributed by atoms with Crippen LogP contribution in [0.25, 0.3) is 10.9 Å². The maximum absolute atomic E-state index is 9.58. The SMILES string of the molecule is CN(Cc1ccc(N)c2cccnc12)c1cccc(O)c1. The van der Waals surface area contributed by atoms with Gasteiger partial charge in [0.15, 0.2) is 0 Å². The Balaban J connectivity index is 1.97. The minimum absolute atomic E-state index is 0.264. The number of anilines is 2. The van der Waals surface area contributed by atoms with Crippen molar-refractivity contribution in [2.24, 2.45) is 0 Å². The molecule has 0 saturated carbocycles. The van der Waals surface area contributed by atoms with Crippen LogP contribution in [0.5, 0.6) is 5.75 Å². The van der Waals surface area contributed by atoms with Crippen molar-refractivity contribution < 1.29 is 5.11 Å². The van der Waals surface area contributed by atoms with Crippen molar-refractivity contribution in [2.45, 2.75) is 6.54 Å². The van der Waals surface area contributed by atoms with Crippen LogP contribution in [0.2, 0.25) is 0 Å². The molecule has 0 aliphatic carbocycles. The van der Waals surface area contributed by atoms with Gasteiger partial charge >= 0.3 is 0 Å². The Morgan fingerprint density at radius 2 is 2.00 bits per heavy atom. The number of benzene rings is 2. The summed E-state index contributed by atoms with van der Waals surface area (Å²) in [5, 5.41) is 10.6. The molecule has 0 aliphatic rings. The van der Waals surface area contributed by atoms with Gasteiger partial charge in [0.05, 0.1) is 5.52 Å². The van der Waals surface area contributed by atoms with Crippen LogP contribution in [-0.4, -0.2) is 17.1 Å². The van der Waals surface area contributed by atoms with Gasteiger partial charge < -0.3 is 15.7 Å². The highest BCUT2D eigenvalue weighted by Gasteiger charge is 2.08. The molecule has 0 saturated heterocycles. The number of aromatic hydroxyl groups is 1. The first-order valence-electron chi connectivity index (χ1n) is 6.77. The Kier molecular flexibility index (Phi) is 3.36. The van der Waals surface area contributed by atoms with E-state index in [1.54, 1.807) is 18.3 Å². The largest absolute Gasteiger partial charge is 0.508 e. The molecular formula is C17H17N3O. The predicted octanol–water partition coefficient (Wildman–Crippen LogP) is 3.16. The molecule has 3 aromatic rings. The zero-order valence-corrected chi connectivity index (χ0v) is 11.8. The van der Waals surface area contributed by atoms with E-state index in [0.717, 1.165) is 27.8 Å². The summed E-state index contributed by atoms with van der Waals surface area (Å²) in [6.45, 7) is 0.692. The fourth-order valence-electron chi connectivity index (χ4n) is 2.46. The zero-order valence-electron chi connectivity index (χ0n) is 11.8. The molecule has 21 heavy (non-hydrogen) atoms. The molecule has 0 spiro atoms. The van der Waals surface area contributed by atoms with E-state index in [0.29, 0.717) is 6.54 Å². The van der Waals surface area contributed by atoms with Gasteiger partial charge in [-0.25, -0.2) is 0 Å². The number of hydrogen-bond acceptors (Lipinski definition) is 4. The van der Waals surface area contributed by atoms with E-state index in [1.165, 1.54) is 0 Å². The van der Waals surface area contributed by atoms with Crippen LogP contribution in [-0.2, 0) is 6.54 Å². The molecule has 0 unspecified atom stereocenters. The van der Waals surface area contributed by atoms with Gasteiger partial charge in [-0.3, -0.25) is 4.98 Å². The lowest BCUT2D eigenvalue weighted by Crippen LogP contribution is -2.16. The van der Waals surface area contributed by atoms with E-state index in [9.17, 15) is 5.11 Å². The molecule has 0 amide bonds. The molecule has 3 N–H and O–H groups in total. The highest BCUT2D eigenvalue weighted by Crippen LogP contribution is 2.26. The van der Waals surface area contributed by atoms with Gasteiger partial charge in [-0.2, -0.15) is 0 Å². The number of nitrogens with two attached hydrogens (primary N) is 1. The van der Waals surface area contributed by atoms with E-state index >= 15 is 0 Å². The standard InChI is InChI=1S/C17H17N3O/c1-20(13-4-2-5-14(21)10-13)11-12-7-8-16(18)15-6-3-9-19-17(12)15/h2-10,21H,11,18H2,1H3. The highest BCUT2D eigenvalue weighted by molar-refractivity contribution is 5.92. The maximum Gasteiger partial charge on any atom is 0.117 e. The third-order valence-corrected chi connectivity index (χ3v) is 3.56. The third kappa shape index (κ3) is 2.60. The van der Waals surface area contributed by atoms with Crippen molar-refractivity contribution >= 4 is 22.3 Å². The Bertz CT molecular complexity index is 786. The van der Waals surface area contributed by atoms with Crippen LogP contribution < -0.4 is 10.6 Å². The molecule has 4 heteroatoms. The number of nitrogen functional groups attached to an aromatic ring is 1. The fraction of sp³-hybridized carbons (Fsp3) is 0.118. The highest BCUT2D eigenvalue weighted by atomic mass is 16.3. The third-order valence-electron chi connectivity index (χ3n) is 3.56. The molecule has 4 nitrogen and oxygen atoms in total. The summed E-state index contributed by atoms with van der Waals surface area (Å²) in [6, 6.07) is 15.0. The molecule has 0 bridgehead atoms. The fourth-order valence-corrected chi connectivity index (χ4v) is 2.46. The Hall–Kier alpha value is -2.75. The first-order chi connectivity index (χ1) is 10.1. The molecule has 1 heterocycles. The second kappa shape index (κ2) is 5.32. The van der Waals surface area contributed by atoms with Crippen molar-refractivity contribution in [3.8, 4) is 5.75 Å². The topological polar surface area (TPSA) is 62.4 Å². The van der Waals surface area contributed by atoms with Crippen LogP contribution in [0.4, 0.5) is 11.4 Å². The minimum atomic E-state index is 0.264. The summed E-state index contributed by atoms with van der Waals surface area (Å²) in [6.07, 6.45) is 1.78. The van der Waals surface area contributed by atoms with Crippen molar-refractivity contribution in [2.75, 3.05) is 17.7 Å². The first-order valence-corrected chi connectivity index (χ1v) is 6.77. The molecule has 106 valence electrons. The number of phenols is 1. The Morgan fingerprint density at radius 1 is 1.14 bits per heavy atom. The summed E-state index contributed by atoms with van der Waals surface area (Å²) in [4.78, 5) is 6.52. The number of rotatable bonds is 3. The van der Waals surface area contributed by atoms with Gasteiger partial charge in [0, 0.05) is 42.6 Å². The van der Waals surface area contributed by atoms with E-state index in [2.05, 4.69) is 9.88 Å². The molecule has 0 fully saturated rings. The normalized spacial score (nSPS) is 10.7. The van der Waals surface area contributed by atoms with Crippen LogP contribution >= 0.6 is 0 Å². The lowest BCUT2D eigenvalue weighted by atomic mass is 10.1. The number of nitrogens with zero attached hydrogens (tertiary/aromatic N) is 2. The quantitative estimate of drug-likeness (QED) is 0.723. The lowest BCUT2D eigenvalue weighted by molar-refractivity contribution is 0.475. The van der Waals surface area contributed by atoms with E-state index in [4.69, 9.17) is 5.73 Å². The van der Waals surface area contributed by atoms with Crippen LogP contribution in [0.3, 0.4) is 0 Å². The van der Waals surface area contributed by atoms with Crippen LogP contribution in [0.15, 0.2) is 54.7 Å². The number of fused-ring (bicyclic) bond motifs is 1. The van der Waals surface area contributed by atoms with Gasteiger partial charge in [0.1, 0.15) is 5.75 Å². The average molecular weight is 279 g/mol. The average Bonchev–Trinajstić information content (AvgIpc) is 2.50. The minimum Gasteiger partial charge on any atom is -0.508 e. The summed E-state index contributed by atoms with van der Waals surface area (Å²) < 4.78 is 0. The van der Waals surface area contributed by atoms with Gasteiger partial charge in [0.25, 0.3) is 0 Å². The first kappa shape index (κ1) is 13.2. The molecule has 1 aromatic heterocycles. The van der Waals surface area contributed by atoms with Crippen LogP contribution in [0, 0.1) is 0 Å². The van der Waals surface area contributed by atoms with Crippen molar-refractivity contribution in [1.82, 2.24) is 4.98 Å². The number of pyridine rings is 1. The van der Waals surface area contributed by atoms with Gasteiger partial charge in [-0.05, 0) is 35.9 Å². The summed E-state index contributed by atoms with van der Waals surface area (Å²) >= 11 is 0. The second-order valence-corrected chi connectivity index (χ2v) is 5.09. The summed E-state index contributed by atoms with van der Waals surface area (Å²) in [5.41, 5.74) is 9.72. The summed E-state index contributed by atoms with van der Waals surface area (Å²) in [5.74, 6) is 0.264. The maximum atomic E-state index is 9.58. The lowest BCUT2D eigenvalue weighted by Gasteiger charge is -2.20.